The average molecular weight is 371 g/mol. The number of furan rings is 1. The highest BCUT2D eigenvalue weighted by molar-refractivity contribution is 6.07. The number of ether oxygens (including phenoxy) is 2. The molecule has 1 fully saturated rings. The zero-order chi connectivity index (χ0) is 18.9. The fourth-order valence-corrected chi connectivity index (χ4v) is 3.55. The summed E-state index contributed by atoms with van der Waals surface area (Å²) in [6.07, 6.45) is -2.21. The van der Waals surface area contributed by atoms with Crippen LogP contribution in [-0.4, -0.2) is 38.9 Å². The molecule has 1 saturated heterocycles. The topological polar surface area (TPSA) is 51.9 Å². The van der Waals surface area contributed by atoms with Crippen molar-refractivity contribution in [3.05, 3.63) is 29.5 Å². The SMILES string of the molecule is CCN(c1cc2occc2c(C(=O)OC)c1C(F)(F)F)C1CCOCC1. The van der Waals surface area contributed by atoms with Crippen molar-refractivity contribution in [2.45, 2.75) is 32.0 Å². The molecule has 26 heavy (non-hydrogen) atoms. The fraction of sp³-hybridized carbons (Fsp3) is 0.500. The highest BCUT2D eigenvalue weighted by Gasteiger charge is 2.42. The zero-order valence-corrected chi connectivity index (χ0v) is 14.6. The van der Waals surface area contributed by atoms with Crippen LogP contribution in [0.2, 0.25) is 0 Å². The lowest BCUT2D eigenvalue weighted by atomic mass is 9.97. The quantitative estimate of drug-likeness (QED) is 0.753. The molecule has 1 aliphatic rings. The van der Waals surface area contributed by atoms with Gasteiger partial charge in [0, 0.05) is 37.3 Å². The maximum atomic E-state index is 14.0. The molecule has 0 spiro atoms. The molecule has 2 heterocycles. The third kappa shape index (κ3) is 3.25. The first kappa shape index (κ1) is 18.6. The second-order valence-corrected chi connectivity index (χ2v) is 6.10. The molecular weight excluding hydrogens is 351 g/mol. The monoisotopic (exact) mass is 371 g/mol. The molecule has 0 bridgehead atoms. The van der Waals surface area contributed by atoms with Crippen LogP contribution in [0, 0.1) is 0 Å². The lowest BCUT2D eigenvalue weighted by Gasteiger charge is -2.37. The minimum Gasteiger partial charge on any atom is -0.465 e. The minimum absolute atomic E-state index is 0.0604. The first-order valence-electron chi connectivity index (χ1n) is 8.42. The van der Waals surface area contributed by atoms with Crippen molar-refractivity contribution in [1.29, 1.82) is 0 Å². The van der Waals surface area contributed by atoms with Crippen molar-refractivity contribution in [2.24, 2.45) is 0 Å². The van der Waals surface area contributed by atoms with Gasteiger partial charge in [-0.2, -0.15) is 13.2 Å². The second-order valence-electron chi connectivity index (χ2n) is 6.10. The second kappa shape index (κ2) is 7.19. The molecule has 1 aromatic heterocycles. The van der Waals surface area contributed by atoms with Gasteiger partial charge in [-0.1, -0.05) is 0 Å². The smallest absolute Gasteiger partial charge is 0.419 e. The minimum atomic E-state index is -4.72. The third-order valence-electron chi connectivity index (χ3n) is 4.69. The van der Waals surface area contributed by atoms with Gasteiger partial charge < -0.3 is 18.8 Å². The number of rotatable bonds is 4. The average Bonchev–Trinajstić information content (AvgIpc) is 3.09. The largest absolute Gasteiger partial charge is 0.465 e. The van der Waals surface area contributed by atoms with Crippen LogP contribution in [0.25, 0.3) is 11.0 Å². The normalized spacial score (nSPS) is 16.0. The highest BCUT2D eigenvalue weighted by Crippen LogP contribution is 2.44. The lowest BCUT2D eigenvalue weighted by Crippen LogP contribution is -2.40. The Kier molecular flexibility index (Phi) is 5.13. The van der Waals surface area contributed by atoms with E-state index in [4.69, 9.17) is 9.15 Å². The molecule has 8 heteroatoms. The van der Waals surface area contributed by atoms with Crippen molar-refractivity contribution >= 4 is 22.6 Å². The molecule has 0 saturated carbocycles. The van der Waals surface area contributed by atoms with Crippen molar-refractivity contribution in [1.82, 2.24) is 0 Å². The Labute approximate surface area is 148 Å². The Morgan fingerprint density at radius 2 is 2.04 bits per heavy atom. The molecule has 0 N–H and O–H groups in total. The van der Waals surface area contributed by atoms with Crippen LogP contribution in [0.1, 0.15) is 35.7 Å². The first-order chi connectivity index (χ1) is 12.4. The maximum Gasteiger partial charge on any atom is 0.419 e. The standard InChI is InChI=1S/C18H20F3NO4/c1-3-22(11-4-7-25-8-5-11)13-10-14-12(6-9-26-14)15(17(23)24-2)16(13)18(19,20)21/h6,9-11H,3-5,7-8H2,1-2H3. The van der Waals surface area contributed by atoms with Crippen LogP contribution < -0.4 is 4.90 Å². The van der Waals surface area contributed by atoms with Crippen LogP contribution in [0.4, 0.5) is 18.9 Å². The predicted molar refractivity (Wildman–Crippen MR) is 89.4 cm³/mol. The number of alkyl halides is 3. The van der Waals surface area contributed by atoms with Crippen LogP contribution in [0.5, 0.6) is 0 Å². The number of methoxy groups -OCH3 is 1. The number of hydrogen-bond donors (Lipinski definition) is 0. The van der Waals surface area contributed by atoms with Crippen molar-refractivity contribution in [3.8, 4) is 0 Å². The summed E-state index contributed by atoms with van der Waals surface area (Å²) in [5.74, 6) is -1.03. The van der Waals surface area contributed by atoms with Crippen molar-refractivity contribution in [3.63, 3.8) is 0 Å². The van der Waals surface area contributed by atoms with E-state index in [1.54, 1.807) is 11.8 Å². The molecule has 1 aliphatic heterocycles. The van der Waals surface area contributed by atoms with Gasteiger partial charge in [0.1, 0.15) is 5.58 Å². The summed E-state index contributed by atoms with van der Waals surface area (Å²) >= 11 is 0. The number of halogens is 3. The predicted octanol–water partition coefficient (Wildman–Crippen LogP) is 4.24. The van der Waals surface area contributed by atoms with Crippen LogP contribution in [0.3, 0.4) is 0 Å². The van der Waals surface area contributed by atoms with Gasteiger partial charge in [-0.05, 0) is 25.8 Å². The molecule has 2 aromatic rings. The number of fused-ring (bicyclic) bond motifs is 1. The summed E-state index contributed by atoms with van der Waals surface area (Å²) in [7, 11) is 1.07. The molecule has 0 amide bonds. The molecule has 0 unspecified atom stereocenters. The molecule has 0 radical (unpaired) electrons. The Bertz CT molecular complexity index is 794. The van der Waals surface area contributed by atoms with Crippen molar-refractivity contribution in [2.75, 3.05) is 31.8 Å². The molecule has 0 atom stereocenters. The van der Waals surface area contributed by atoms with Gasteiger partial charge in [0.25, 0.3) is 0 Å². The maximum absolute atomic E-state index is 14.0. The van der Waals surface area contributed by atoms with E-state index in [1.165, 1.54) is 18.4 Å². The number of nitrogens with zero attached hydrogens (tertiary/aromatic N) is 1. The summed E-state index contributed by atoms with van der Waals surface area (Å²) in [4.78, 5) is 13.9. The van der Waals surface area contributed by atoms with E-state index in [0.717, 1.165) is 7.11 Å². The Morgan fingerprint density at radius 3 is 2.62 bits per heavy atom. The Morgan fingerprint density at radius 1 is 1.35 bits per heavy atom. The molecule has 1 aromatic carbocycles. The molecule has 5 nitrogen and oxygen atoms in total. The third-order valence-corrected chi connectivity index (χ3v) is 4.69. The van der Waals surface area contributed by atoms with Gasteiger partial charge in [-0.25, -0.2) is 4.79 Å². The summed E-state index contributed by atoms with van der Waals surface area (Å²) in [5.41, 5.74) is -1.33. The first-order valence-corrected chi connectivity index (χ1v) is 8.42. The van der Waals surface area contributed by atoms with E-state index >= 15 is 0 Å². The van der Waals surface area contributed by atoms with Gasteiger partial charge in [-0.3, -0.25) is 0 Å². The zero-order valence-electron chi connectivity index (χ0n) is 14.6. The Balaban J connectivity index is 2.27. The number of hydrogen-bond acceptors (Lipinski definition) is 5. The van der Waals surface area contributed by atoms with Gasteiger partial charge >= 0.3 is 12.1 Å². The highest BCUT2D eigenvalue weighted by atomic mass is 19.4. The molecular formula is C18H20F3NO4. The lowest BCUT2D eigenvalue weighted by molar-refractivity contribution is -0.137. The van der Waals surface area contributed by atoms with Gasteiger partial charge in [-0.15, -0.1) is 0 Å². The number of carbonyl (C=O) groups is 1. The van der Waals surface area contributed by atoms with Gasteiger partial charge in [0.2, 0.25) is 0 Å². The fourth-order valence-electron chi connectivity index (χ4n) is 3.55. The van der Waals surface area contributed by atoms with E-state index < -0.39 is 23.3 Å². The molecule has 0 aliphatic carbocycles. The van der Waals surface area contributed by atoms with Crippen molar-refractivity contribution < 1.29 is 31.9 Å². The summed E-state index contributed by atoms with van der Waals surface area (Å²) in [6, 6.07) is 2.61. The molecule has 142 valence electrons. The van der Waals surface area contributed by atoms with E-state index in [-0.39, 0.29) is 22.7 Å². The summed E-state index contributed by atoms with van der Waals surface area (Å²) in [5, 5.41) is 0.0935. The van der Waals surface area contributed by atoms with E-state index in [2.05, 4.69) is 4.74 Å². The van der Waals surface area contributed by atoms with E-state index in [1.807, 2.05) is 0 Å². The summed E-state index contributed by atoms with van der Waals surface area (Å²) in [6.45, 7) is 3.14. The van der Waals surface area contributed by atoms with E-state index in [0.29, 0.717) is 32.6 Å². The number of benzene rings is 1. The van der Waals surface area contributed by atoms with E-state index in [9.17, 15) is 18.0 Å². The van der Waals surface area contributed by atoms with Gasteiger partial charge in [0.15, 0.2) is 0 Å². The van der Waals surface area contributed by atoms with Crippen LogP contribution in [0.15, 0.2) is 22.8 Å². The number of anilines is 1. The van der Waals surface area contributed by atoms with Crippen LogP contribution in [-0.2, 0) is 15.7 Å². The van der Waals surface area contributed by atoms with Crippen LogP contribution >= 0.6 is 0 Å². The number of carbonyl (C=O) groups excluding carboxylic acids is 1. The molecule has 3 rings (SSSR count). The van der Waals surface area contributed by atoms with Gasteiger partial charge in [0.05, 0.1) is 30.2 Å². The summed E-state index contributed by atoms with van der Waals surface area (Å²) < 4.78 is 57.3. The Hall–Kier alpha value is -2.22. The number of esters is 1.